The Hall–Kier alpha value is -1.51. The lowest BCUT2D eigenvalue weighted by Crippen LogP contribution is -2.23. The molecule has 0 radical (unpaired) electrons. The Labute approximate surface area is 109 Å². The summed E-state index contributed by atoms with van der Waals surface area (Å²) in [6, 6.07) is 4.45. The number of guanidine groups is 1. The van der Waals surface area contributed by atoms with Crippen molar-refractivity contribution >= 4 is 11.6 Å². The lowest BCUT2D eigenvalue weighted by atomic mass is 9.86. The number of hydrogen-bond donors (Lipinski definition) is 2. The van der Waals surface area contributed by atoms with Crippen molar-refractivity contribution in [1.29, 1.82) is 0 Å². The summed E-state index contributed by atoms with van der Waals surface area (Å²) in [5, 5.41) is 6.56. The minimum atomic E-state index is 0.937. The van der Waals surface area contributed by atoms with Gasteiger partial charge in [0.1, 0.15) is 0 Å². The smallest absolute Gasteiger partial charge is 0.196 e. The molecule has 0 aromatic heterocycles. The van der Waals surface area contributed by atoms with Gasteiger partial charge in [-0.2, -0.15) is 0 Å². The topological polar surface area (TPSA) is 36.4 Å². The number of aryl methyl sites for hydroxylation is 1. The zero-order valence-electron chi connectivity index (χ0n) is 11.1. The fraction of sp³-hybridized carbons (Fsp3) is 0.533. The van der Waals surface area contributed by atoms with Crippen LogP contribution in [0, 0.1) is 0 Å². The van der Waals surface area contributed by atoms with E-state index in [0.717, 1.165) is 25.5 Å². The van der Waals surface area contributed by atoms with Crippen LogP contribution in [0.25, 0.3) is 0 Å². The van der Waals surface area contributed by atoms with Crippen LogP contribution in [0.1, 0.15) is 36.5 Å². The largest absolute Gasteiger partial charge is 0.354 e. The highest BCUT2D eigenvalue weighted by atomic mass is 15.2. The molecule has 1 heterocycles. The first kappa shape index (κ1) is 11.6. The molecule has 2 aliphatic rings. The molecule has 0 spiro atoms. The molecule has 1 aromatic rings. The van der Waals surface area contributed by atoms with Crippen LogP contribution >= 0.6 is 0 Å². The summed E-state index contributed by atoms with van der Waals surface area (Å²) in [6.45, 7) is 4.21. The summed E-state index contributed by atoms with van der Waals surface area (Å²) in [6.07, 6.45) is 6.19. The summed E-state index contributed by atoms with van der Waals surface area (Å²) >= 11 is 0. The highest BCUT2D eigenvalue weighted by Gasteiger charge is 2.17. The van der Waals surface area contributed by atoms with Gasteiger partial charge in [0.15, 0.2) is 5.96 Å². The van der Waals surface area contributed by atoms with Crippen LogP contribution in [-0.4, -0.2) is 19.0 Å². The van der Waals surface area contributed by atoms with E-state index in [1.54, 1.807) is 5.56 Å². The summed E-state index contributed by atoms with van der Waals surface area (Å²) in [4.78, 5) is 4.74. The van der Waals surface area contributed by atoms with Crippen molar-refractivity contribution in [1.82, 2.24) is 10.6 Å². The molecule has 1 fully saturated rings. The Morgan fingerprint density at radius 1 is 1.06 bits per heavy atom. The number of hydrogen-bond acceptors (Lipinski definition) is 1. The lowest BCUT2D eigenvalue weighted by molar-refractivity contribution is 0.679. The highest BCUT2D eigenvalue weighted by molar-refractivity contribution is 5.84. The quantitative estimate of drug-likeness (QED) is 0.836. The molecule has 1 aromatic carbocycles. The molecule has 0 unspecified atom stereocenters. The summed E-state index contributed by atoms with van der Waals surface area (Å²) in [5.41, 5.74) is 5.74. The first-order valence-electron chi connectivity index (χ1n) is 7.08. The molecule has 2 N–H and O–H groups in total. The van der Waals surface area contributed by atoms with E-state index in [2.05, 4.69) is 29.7 Å². The Balaban J connectivity index is 2.01. The molecule has 0 bridgehead atoms. The SMILES string of the molecule is CCc1ccc(N=C2NCCN2)c2c1CCCC2. The van der Waals surface area contributed by atoms with Crippen LogP contribution in [0.3, 0.4) is 0 Å². The first-order chi connectivity index (χ1) is 8.88. The maximum absolute atomic E-state index is 4.74. The van der Waals surface area contributed by atoms with Gasteiger partial charge < -0.3 is 10.6 Å². The normalized spacial score (nSPS) is 17.9. The first-order valence-corrected chi connectivity index (χ1v) is 7.08. The third-order valence-corrected chi connectivity index (χ3v) is 3.93. The van der Waals surface area contributed by atoms with E-state index in [0.29, 0.717) is 0 Å². The molecule has 96 valence electrons. The van der Waals surface area contributed by atoms with Crippen molar-refractivity contribution in [2.75, 3.05) is 13.1 Å². The van der Waals surface area contributed by atoms with Gasteiger partial charge in [-0.1, -0.05) is 13.0 Å². The van der Waals surface area contributed by atoms with Crippen LogP contribution in [0.15, 0.2) is 17.1 Å². The van der Waals surface area contributed by atoms with Crippen molar-refractivity contribution in [3.05, 3.63) is 28.8 Å². The van der Waals surface area contributed by atoms with Crippen molar-refractivity contribution < 1.29 is 0 Å². The van der Waals surface area contributed by atoms with Gasteiger partial charge in [0, 0.05) is 13.1 Å². The molecule has 18 heavy (non-hydrogen) atoms. The number of aliphatic imine (C=N–C) groups is 1. The summed E-state index contributed by atoms with van der Waals surface area (Å²) in [7, 11) is 0. The third-order valence-electron chi connectivity index (χ3n) is 3.93. The van der Waals surface area contributed by atoms with Crippen LogP contribution in [-0.2, 0) is 19.3 Å². The van der Waals surface area contributed by atoms with E-state index in [9.17, 15) is 0 Å². The maximum atomic E-state index is 4.74. The van der Waals surface area contributed by atoms with Gasteiger partial charge in [-0.3, -0.25) is 0 Å². The minimum Gasteiger partial charge on any atom is -0.354 e. The van der Waals surface area contributed by atoms with E-state index in [1.807, 2.05) is 0 Å². The van der Waals surface area contributed by atoms with E-state index < -0.39 is 0 Å². The molecule has 1 aliphatic heterocycles. The van der Waals surface area contributed by atoms with Gasteiger partial charge >= 0.3 is 0 Å². The molecular formula is C15H21N3. The summed E-state index contributed by atoms with van der Waals surface area (Å²) < 4.78 is 0. The average molecular weight is 243 g/mol. The zero-order valence-corrected chi connectivity index (χ0v) is 11.1. The standard InChI is InChI=1S/C15H21N3/c1-2-11-7-8-14(18-15-16-9-10-17-15)13-6-4-3-5-12(11)13/h7-8H,2-6,9-10H2,1H3,(H2,16,17,18). The summed E-state index contributed by atoms with van der Waals surface area (Å²) in [5.74, 6) is 0.937. The zero-order chi connectivity index (χ0) is 12.4. The molecule has 3 nitrogen and oxygen atoms in total. The third kappa shape index (κ3) is 2.09. The van der Waals surface area contributed by atoms with Crippen LogP contribution in [0.5, 0.6) is 0 Å². The number of benzene rings is 1. The number of fused-ring (bicyclic) bond motifs is 1. The van der Waals surface area contributed by atoms with Crippen molar-refractivity contribution in [2.45, 2.75) is 39.0 Å². The van der Waals surface area contributed by atoms with E-state index in [4.69, 9.17) is 4.99 Å². The second-order valence-electron chi connectivity index (χ2n) is 5.08. The highest BCUT2D eigenvalue weighted by Crippen LogP contribution is 2.32. The van der Waals surface area contributed by atoms with Gasteiger partial charge in [-0.15, -0.1) is 0 Å². The minimum absolute atomic E-state index is 0.937. The second kappa shape index (κ2) is 5.01. The van der Waals surface area contributed by atoms with Crippen molar-refractivity contribution in [3.63, 3.8) is 0 Å². The van der Waals surface area contributed by atoms with Gasteiger partial charge in [0.2, 0.25) is 0 Å². The molecule has 0 atom stereocenters. The number of rotatable bonds is 2. The van der Waals surface area contributed by atoms with Gasteiger partial charge in [-0.05, 0) is 54.9 Å². The van der Waals surface area contributed by atoms with Crippen LogP contribution in [0.4, 0.5) is 5.69 Å². The van der Waals surface area contributed by atoms with E-state index >= 15 is 0 Å². The Bertz CT molecular complexity index is 469. The lowest BCUT2D eigenvalue weighted by Gasteiger charge is -2.21. The van der Waals surface area contributed by atoms with Gasteiger partial charge in [0.05, 0.1) is 5.69 Å². The van der Waals surface area contributed by atoms with Gasteiger partial charge in [0.25, 0.3) is 0 Å². The van der Waals surface area contributed by atoms with Crippen LogP contribution in [0.2, 0.25) is 0 Å². The molecule has 0 saturated carbocycles. The molecule has 3 heteroatoms. The number of nitrogens with one attached hydrogen (secondary N) is 2. The van der Waals surface area contributed by atoms with Crippen LogP contribution < -0.4 is 10.6 Å². The Morgan fingerprint density at radius 2 is 1.78 bits per heavy atom. The van der Waals surface area contributed by atoms with E-state index in [-0.39, 0.29) is 0 Å². The van der Waals surface area contributed by atoms with Crippen molar-refractivity contribution in [2.24, 2.45) is 4.99 Å². The predicted octanol–water partition coefficient (Wildman–Crippen LogP) is 2.31. The predicted molar refractivity (Wildman–Crippen MR) is 75.6 cm³/mol. The fourth-order valence-electron chi connectivity index (χ4n) is 2.98. The van der Waals surface area contributed by atoms with Crippen molar-refractivity contribution in [3.8, 4) is 0 Å². The monoisotopic (exact) mass is 243 g/mol. The Kier molecular flexibility index (Phi) is 3.22. The average Bonchev–Trinajstić information content (AvgIpc) is 2.92. The fourth-order valence-corrected chi connectivity index (χ4v) is 2.98. The maximum Gasteiger partial charge on any atom is 0.196 e. The van der Waals surface area contributed by atoms with Gasteiger partial charge in [-0.25, -0.2) is 4.99 Å². The second-order valence-corrected chi connectivity index (χ2v) is 5.08. The molecule has 0 amide bonds. The van der Waals surface area contributed by atoms with E-state index in [1.165, 1.54) is 42.5 Å². The molecule has 1 saturated heterocycles. The molecule has 1 aliphatic carbocycles. The Morgan fingerprint density at radius 3 is 2.50 bits per heavy atom. The molecule has 3 rings (SSSR count). The number of nitrogens with zero attached hydrogens (tertiary/aromatic N) is 1. The molecular weight excluding hydrogens is 222 g/mol.